The molecule has 0 amide bonds. The highest BCUT2D eigenvalue weighted by Crippen LogP contribution is 2.27. The van der Waals surface area contributed by atoms with E-state index in [4.69, 9.17) is 14.5 Å². The number of imidazole rings is 1. The number of methoxy groups -OCH3 is 2. The monoisotopic (exact) mass is 352 g/mol. The minimum absolute atomic E-state index is 0.680. The zero-order valence-corrected chi connectivity index (χ0v) is 15.3. The first-order valence-electron chi connectivity index (χ1n) is 8.83. The van der Waals surface area contributed by atoms with Crippen LogP contribution in [0.3, 0.4) is 0 Å². The molecule has 6 heteroatoms. The molecule has 0 unspecified atom stereocenters. The second-order valence-corrected chi connectivity index (χ2v) is 6.54. The quantitative estimate of drug-likeness (QED) is 0.682. The van der Waals surface area contributed by atoms with E-state index in [0.29, 0.717) is 6.61 Å². The molecule has 0 bridgehead atoms. The number of ether oxygens (including phenoxy) is 2. The molecule has 0 spiro atoms. The van der Waals surface area contributed by atoms with Gasteiger partial charge in [0.1, 0.15) is 5.75 Å². The summed E-state index contributed by atoms with van der Waals surface area (Å²) in [6.07, 6.45) is 0. The number of aromatic nitrogens is 2. The molecule has 2 heterocycles. The maximum Gasteiger partial charge on any atom is 0.208 e. The molecular weight excluding hydrogens is 328 g/mol. The average Bonchev–Trinajstić information content (AvgIpc) is 3.06. The lowest BCUT2D eigenvalue weighted by Gasteiger charge is -2.37. The fourth-order valence-electron chi connectivity index (χ4n) is 3.45. The number of fused-ring (bicyclic) bond motifs is 3. The summed E-state index contributed by atoms with van der Waals surface area (Å²) in [5, 5.41) is 0. The molecule has 0 saturated heterocycles. The molecule has 0 N–H and O–H groups in total. The zero-order valence-electron chi connectivity index (χ0n) is 15.3. The maximum atomic E-state index is 5.30. The molecule has 136 valence electrons. The summed E-state index contributed by atoms with van der Waals surface area (Å²) in [7, 11) is 3.43. The molecule has 1 aliphatic heterocycles. The molecule has 6 nitrogen and oxygen atoms in total. The molecular formula is C20H24N4O2. The normalized spacial score (nSPS) is 14.6. The number of anilines is 1. The van der Waals surface area contributed by atoms with Crippen LogP contribution in [0.1, 0.15) is 5.56 Å². The highest BCUT2D eigenvalue weighted by Gasteiger charge is 2.25. The lowest BCUT2D eigenvalue weighted by molar-refractivity contribution is 0.168. The largest absolute Gasteiger partial charge is 0.497 e. The molecule has 0 saturated carbocycles. The van der Waals surface area contributed by atoms with Crippen LogP contribution in [0.15, 0.2) is 48.5 Å². The van der Waals surface area contributed by atoms with Gasteiger partial charge in [-0.3, -0.25) is 9.47 Å². The lowest BCUT2D eigenvalue weighted by atomic mass is 10.2. The molecule has 0 atom stereocenters. The summed E-state index contributed by atoms with van der Waals surface area (Å²) >= 11 is 0. The highest BCUT2D eigenvalue weighted by atomic mass is 16.5. The zero-order chi connectivity index (χ0) is 17.9. The van der Waals surface area contributed by atoms with Gasteiger partial charge in [-0.2, -0.15) is 0 Å². The van der Waals surface area contributed by atoms with Gasteiger partial charge in [0.15, 0.2) is 0 Å². The van der Waals surface area contributed by atoms with Crippen LogP contribution in [-0.4, -0.2) is 48.5 Å². The summed E-state index contributed by atoms with van der Waals surface area (Å²) in [5.41, 5.74) is 3.48. The van der Waals surface area contributed by atoms with E-state index in [1.807, 2.05) is 18.2 Å². The topological polar surface area (TPSA) is 42.8 Å². The number of hydrogen-bond acceptors (Lipinski definition) is 5. The average molecular weight is 352 g/mol. The fraction of sp³-hybridized carbons (Fsp3) is 0.350. The van der Waals surface area contributed by atoms with E-state index in [1.165, 1.54) is 11.1 Å². The number of benzene rings is 2. The van der Waals surface area contributed by atoms with E-state index in [1.54, 1.807) is 14.2 Å². The van der Waals surface area contributed by atoms with Gasteiger partial charge >= 0.3 is 0 Å². The van der Waals surface area contributed by atoms with Gasteiger partial charge in [-0.05, 0) is 29.8 Å². The van der Waals surface area contributed by atoms with E-state index in [-0.39, 0.29) is 0 Å². The Bertz CT molecular complexity index is 875. The smallest absolute Gasteiger partial charge is 0.208 e. The number of para-hydroxylation sites is 2. The second kappa shape index (κ2) is 7.35. The highest BCUT2D eigenvalue weighted by molar-refractivity contribution is 5.79. The Hall–Kier alpha value is -2.57. The van der Waals surface area contributed by atoms with Gasteiger partial charge < -0.3 is 14.4 Å². The van der Waals surface area contributed by atoms with Gasteiger partial charge in [0, 0.05) is 20.2 Å². The van der Waals surface area contributed by atoms with Crippen molar-refractivity contribution in [2.45, 2.75) is 13.2 Å². The fourth-order valence-corrected chi connectivity index (χ4v) is 3.45. The Morgan fingerprint density at radius 2 is 1.81 bits per heavy atom. The molecule has 0 fully saturated rings. The lowest BCUT2D eigenvalue weighted by Crippen LogP contribution is -2.45. The molecule has 0 radical (unpaired) electrons. The standard InChI is InChI=1S/C20H24N4O2/c1-25-12-11-23-14-22(13-16-7-9-17(26-2)10-8-16)15-24-19-6-4-3-5-18(19)21-20(23)24/h3-10H,11-15H2,1-2H3. The van der Waals surface area contributed by atoms with Crippen molar-refractivity contribution in [3.05, 3.63) is 54.1 Å². The molecule has 4 rings (SSSR count). The van der Waals surface area contributed by atoms with E-state index < -0.39 is 0 Å². The third-order valence-corrected chi connectivity index (χ3v) is 4.76. The Labute approximate surface area is 153 Å². The minimum Gasteiger partial charge on any atom is -0.497 e. The summed E-state index contributed by atoms with van der Waals surface area (Å²) < 4.78 is 12.8. The Morgan fingerprint density at radius 1 is 1.00 bits per heavy atom. The number of rotatable bonds is 6. The SMILES string of the molecule is COCCN1CN(Cc2ccc(OC)cc2)Cn2c1nc1ccccc12. The molecule has 2 aromatic carbocycles. The molecule has 0 aliphatic carbocycles. The van der Waals surface area contributed by atoms with Crippen LogP contribution in [0, 0.1) is 0 Å². The van der Waals surface area contributed by atoms with Crippen LogP contribution >= 0.6 is 0 Å². The van der Waals surface area contributed by atoms with Crippen molar-refractivity contribution in [1.29, 1.82) is 0 Å². The van der Waals surface area contributed by atoms with Gasteiger partial charge in [0.05, 0.1) is 38.1 Å². The van der Waals surface area contributed by atoms with Gasteiger partial charge in [0.25, 0.3) is 0 Å². The Kier molecular flexibility index (Phi) is 4.77. The number of nitrogens with zero attached hydrogens (tertiary/aromatic N) is 4. The van der Waals surface area contributed by atoms with E-state index in [9.17, 15) is 0 Å². The van der Waals surface area contributed by atoms with Crippen molar-refractivity contribution < 1.29 is 9.47 Å². The predicted octanol–water partition coefficient (Wildman–Crippen LogP) is 2.93. The van der Waals surface area contributed by atoms with E-state index in [0.717, 1.165) is 43.6 Å². The van der Waals surface area contributed by atoms with E-state index in [2.05, 4.69) is 44.7 Å². The Morgan fingerprint density at radius 3 is 2.58 bits per heavy atom. The summed E-state index contributed by atoms with van der Waals surface area (Å²) in [4.78, 5) is 9.55. The third kappa shape index (κ3) is 3.25. The molecule has 26 heavy (non-hydrogen) atoms. The first-order chi connectivity index (χ1) is 12.8. The van der Waals surface area contributed by atoms with Gasteiger partial charge in [0.2, 0.25) is 5.95 Å². The van der Waals surface area contributed by atoms with Crippen LogP contribution in [-0.2, 0) is 18.0 Å². The maximum absolute atomic E-state index is 5.30. The number of hydrogen-bond donors (Lipinski definition) is 0. The molecule has 1 aliphatic rings. The van der Waals surface area contributed by atoms with Crippen molar-refractivity contribution in [3.63, 3.8) is 0 Å². The minimum atomic E-state index is 0.680. The van der Waals surface area contributed by atoms with Crippen LogP contribution in [0.4, 0.5) is 5.95 Å². The summed E-state index contributed by atoms with van der Waals surface area (Å²) in [5.74, 6) is 1.91. The van der Waals surface area contributed by atoms with Crippen molar-refractivity contribution >= 4 is 17.0 Å². The van der Waals surface area contributed by atoms with Crippen LogP contribution in [0.2, 0.25) is 0 Å². The summed E-state index contributed by atoms with van der Waals surface area (Å²) in [6, 6.07) is 16.6. The van der Waals surface area contributed by atoms with Crippen molar-refractivity contribution in [3.8, 4) is 5.75 Å². The Balaban J connectivity index is 1.61. The van der Waals surface area contributed by atoms with Crippen LogP contribution in [0.25, 0.3) is 11.0 Å². The van der Waals surface area contributed by atoms with Gasteiger partial charge in [-0.25, -0.2) is 4.98 Å². The van der Waals surface area contributed by atoms with Crippen molar-refractivity contribution in [2.24, 2.45) is 0 Å². The van der Waals surface area contributed by atoms with Crippen molar-refractivity contribution in [2.75, 3.05) is 38.9 Å². The van der Waals surface area contributed by atoms with E-state index >= 15 is 0 Å². The first kappa shape index (κ1) is 16.9. The van der Waals surface area contributed by atoms with Gasteiger partial charge in [-0.15, -0.1) is 0 Å². The predicted molar refractivity (Wildman–Crippen MR) is 102 cm³/mol. The third-order valence-electron chi connectivity index (χ3n) is 4.76. The second-order valence-electron chi connectivity index (χ2n) is 6.54. The molecule has 1 aromatic heterocycles. The van der Waals surface area contributed by atoms with Gasteiger partial charge in [-0.1, -0.05) is 24.3 Å². The van der Waals surface area contributed by atoms with Crippen molar-refractivity contribution in [1.82, 2.24) is 14.5 Å². The molecule has 3 aromatic rings. The first-order valence-corrected chi connectivity index (χ1v) is 8.83. The van der Waals surface area contributed by atoms with Crippen LogP contribution < -0.4 is 9.64 Å². The summed E-state index contributed by atoms with van der Waals surface area (Å²) in [6.45, 7) is 4.03. The van der Waals surface area contributed by atoms with Crippen LogP contribution in [0.5, 0.6) is 5.75 Å².